The molecule has 0 spiro atoms. The summed E-state index contributed by atoms with van der Waals surface area (Å²) in [5, 5.41) is 3.60. The first-order chi connectivity index (χ1) is 9.74. The van der Waals surface area contributed by atoms with Crippen molar-refractivity contribution in [1.82, 2.24) is 14.9 Å². The van der Waals surface area contributed by atoms with E-state index in [1.54, 1.807) is 0 Å². The first-order valence-electron chi connectivity index (χ1n) is 7.85. The number of rotatable bonds is 4. The highest BCUT2D eigenvalue weighted by Crippen LogP contribution is 2.27. The number of aryl methyl sites for hydroxylation is 1. The molecule has 1 aromatic carbocycles. The zero-order chi connectivity index (χ0) is 13.9. The number of hydrogen-bond donors (Lipinski definition) is 1. The van der Waals surface area contributed by atoms with E-state index in [0.717, 1.165) is 36.3 Å². The van der Waals surface area contributed by atoms with E-state index >= 15 is 0 Å². The van der Waals surface area contributed by atoms with Crippen molar-refractivity contribution in [2.24, 2.45) is 18.9 Å². The lowest BCUT2D eigenvalue weighted by Crippen LogP contribution is -2.26. The Morgan fingerprint density at radius 2 is 1.95 bits per heavy atom. The number of benzene rings is 1. The van der Waals surface area contributed by atoms with Gasteiger partial charge in [0.1, 0.15) is 5.82 Å². The number of nitrogens with one attached hydrogen (secondary N) is 1. The highest BCUT2D eigenvalue weighted by atomic mass is 15.1. The third-order valence-electron chi connectivity index (χ3n) is 4.73. The van der Waals surface area contributed by atoms with Crippen LogP contribution in [0.15, 0.2) is 24.3 Å². The molecule has 3 nitrogen and oxygen atoms in total. The van der Waals surface area contributed by atoms with E-state index in [1.165, 1.54) is 31.2 Å². The average molecular weight is 271 g/mol. The summed E-state index contributed by atoms with van der Waals surface area (Å²) < 4.78 is 2.20. The van der Waals surface area contributed by atoms with Crippen molar-refractivity contribution in [1.29, 1.82) is 0 Å². The van der Waals surface area contributed by atoms with Gasteiger partial charge in [-0.05, 0) is 43.4 Å². The monoisotopic (exact) mass is 271 g/mol. The maximum atomic E-state index is 4.71. The van der Waals surface area contributed by atoms with Crippen LogP contribution in [-0.2, 0) is 13.6 Å². The van der Waals surface area contributed by atoms with E-state index in [4.69, 9.17) is 4.98 Å². The molecule has 3 rings (SSSR count). The number of nitrogens with zero attached hydrogens (tertiary/aromatic N) is 2. The first kappa shape index (κ1) is 13.6. The summed E-state index contributed by atoms with van der Waals surface area (Å²) in [6, 6.07) is 8.34. The van der Waals surface area contributed by atoms with Crippen LogP contribution in [0.25, 0.3) is 11.0 Å². The van der Waals surface area contributed by atoms with E-state index < -0.39 is 0 Å². The summed E-state index contributed by atoms with van der Waals surface area (Å²) >= 11 is 0. The Morgan fingerprint density at radius 3 is 2.70 bits per heavy atom. The number of hydrogen-bond acceptors (Lipinski definition) is 2. The molecule has 1 N–H and O–H groups in total. The standard InChI is InChI=1S/C17H25N3/c1-13-7-9-14(10-8-13)11-18-12-17-19-15-5-3-4-6-16(15)20(17)2/h3-6,13-14,18H,7-12H2,1-2H3. The van der Waals surface area contributed by atoms with Crippen molar-refractivity contribution >= 4 is 11.0 Å². The van der Waals surface area contributed by atoms with E-state index in [-0.39, 0.29) is 0 Å². The van der Waals surface area contributed by atoms with Crippen LogP contribution in [-0.4, -0.2) is 16.1 Å². The number of para-hydroxylation sites is 2. The van der Waals surface area contributed by atoms with Gasteiger partial charge in [0.25, 0.3) is 0 Å². The molecule has 0 aliphatic heterocycles. The molecule has 1 heterocycles. The average Bonchev–Trinajstić information content (AvgIpc) is 2.78. The van der Waals surface area contributed by atoms with E-state index in [1.807, 2.05) is 0 Å². The predicted octanol–water partition coefficient (Wildman–Crippen LogP) is 3.49. The molecule has 3 heteroatoms. The zero-order valence-corrected chi connectivity index (χ0v) is 12.6. The largest absolute Gasteiger partial charge is 0.330 e. The minimum Gasteiger partial charge on any atom is -0.330 e. The van der Waals surface area contributed by atoms with Crippen molar-refractivity contribution in [3.63, 3.8) is 0 Å². The van der Waals surface area contributed by atoms with Crippen molar-refractivity contribution in [3.05, 3.63) is 30.1 Å². The summed E-state index contributed by atoms with van der Waals surface area (Å²) in [4.78, 5) is 4.71. The van der Waals surface area contributed by atoms with Gasteiger partial charge >= 0.3 is 0 Å². The van der Waals surface area contributed by atoms with Crippen LogP contribution in [0, 0.1) is 11.8 Å². The summed E-state index contributed by atoms with van der Waals surface area (Å²) in [6.45, 7) is 4.39. The van der Waals surface area contributed by atoms with Crippen LogP contribution in [0.4, 0.5) is 0 Å². The van der Waals surface area contributed by atoms with E-state index in [0.29, 0.717) is 0 Å². The molecule has 0 amide bonds. The molecule has 1 fully saturated rings. The van der Waals surface area contributed by atoms with Crippen molar-refractivity contribution in [2.45, 2.75) is 39.2 Å². The molecule has 0 unspecified atom stereocenters. The summed E-state index contributed by atoms with van der Waals surface area (Å²) in [5.74, 6) is 2.93. The third kappa shape index (κ3) is 2.88. The van der Waals surface area contributed by atoms with Crippen LogP contribution >= 0.6 is 0 Å². The highest BCUT2D eigenvalue weighted by molar-refractivity contribution is 5.75. The number of imidazole rings is 1. The molecule has 1 aromatic heterocycles. The first-order valence-corrected chi connectivity index (χ1v) is 7.85. The van der Waals surface area contributed by atoms with Gasteiger partial charge in [0.15, 0.2) is 0 Å². The molecule has 1 aliphatic rings. The van der Waals surface area contributed by atoms with Gasteiger partial charge in [0.2, 0.25) is 0 Å². The Hall–Kier alpha value is -1.35. The molecular weight excluding hydrogens is 246 g/mol. The molecule has 0 saturated heterocycles. The Bertz CT molecular complexity index is 565. The van der Waals surface area contributed by atoms with Gasteiger partial charge in [-0.15, -0.1) is 0 Å². The molecule has 0 atom stereocenters. The number of fused-ring (bicyclic) bond motifs is 1. The summed E-state index contributed by atoms with van der Waals surface area (Å²) in [6.07, 6.45) is 5.57. The maximum Gasteiger partial charge on any atom is 0.123 e. The molecule has 1 aliphatic carbocycles. The van der Waals surface area contributed by atoms with Gasteiger partial charge in [-0.3, -0.25) is 0 Å². The van der Waals surface area contributed by atoms with Gasteiger partial charge < -0.3 is 9.88 Å². The molecular formula is C17H25N3. The van der Waals surface area contributed by atoms with Crippen LogP contribution in [0.5, 0.6) is 0 Å². The van der Waals surface area contributed by atoms with Crippen molar-refractivity contribution in [3.8, 4) is 0 Å². The molecule has 0 radical (unpaired) electrons. The Morgan fingerprint density at radius 1 is 1.20 bits per heavy atom. The second-order valence-corrected chi connectivity index (χ2v) is 6.33. The van der Waals surface area contributed by atoms with Gasteiger partial charge in [-0.1, -0.05) is 31.9 Å². The third-order valence-corrected chi connectivity index (χ3v) is 4.73. The van der Waals surface area contributed by atoms with Gasteiger partial charge in [0.05, 0.1) is 17.6 Å². The van der Waals surface area contributed by atoms with Gasteiger partial charge in [0, 0.05) is 7.05 Å². The fraction of sp³-hybridized carbons (Fsp3) is 0.588. The maximum absolute atomic E-state index is 4.71. The molecule has 2 aromatic rings. The Balaban J connectivity index is 1.56. The molecule has 20 heavy (non-hydrogen) atoms. The fourth-order valence-electron chi connectivity index (χ4n) is 3.27. The lowest BCUT2D eigenvalue weighted by atomic mass is 9.83. The highest BCUT2D eigenvalue weighted by Gasteiger charge is 2.17. The fourth-order valence-corrected chi connectivity index (χ4v) is 3.27. The quantitative estimate of drug-likeness (QED) is 0.922. The second-order valence-electron chi connectivity index (χ2n) is 6.33. The van der Waals surface area contributed by atoms with Crippen LogP contribution < -0.4 is 5.32 Å². The Labute approximate surface area is 121 Å². The van der Waals surface area contributed by atoms with Crippen LogP contribution in [0.1, 0.15) is 38.4 Å². The SMILES string of the molecule is CC1CCC(CNCc2nc3ccccc3n2C)CC1. The number of aromatic nitrogens is 2. The van der Waals surface area contributed by atoms with Crippen molar-refractivity contribution in [2.75, 3.05) is 6.54 Å². The molecule has 0 bridgehead atoms. The van der Waals surface area contributed by atoms with Gasteiger partial charge in [-0.2, -0.15) is 0 Å². The topological polar surface area (TPSA) is 29.9 Å². The smallest absolute Gasteiger partial charge is 0.123 e. The summed E-state index contributed by atoms with van der Waals surface area (Å²) in [7, 11) is 2.11. The van der Waals surface area contributed by atoms with E-state index in [9.17, 15) is 0 Å². The zero-order valence-electron chi connectivity index (χ0n) is 12.6. The lowest BCUT2D eigenvalue weighted by molar-refractivity contribution is 0.281. The Kier molecular flexibility index (Phi) is 4.06. The van der Waals surface area contributed by atoms with E-state index in [2.05, 4.69) is 48.1 Å². The molecule has 108 valence electrons. The van der Waals surface area contributed by atoms with Crippen molar-refractivity contribution < 1.29 is 0 Å². The second kappa shape index (κ2) is 5.96. The predicted molar refractivity (Wildman–Crippen MR) is 83.5 cm³/mol. The van der Waals surface area contributed by atoms with Gasteiger partial charge in [-0.25, -0.2) is 4.98 Å². The van der Waals surface area contributed by atoms with Crippen LogP contribution in [0.3, 0.4) is 0 Å². The lowest BCUT2D eigenvalue weighted by Gasteiger charge is -2.26. The summed E-state index contributed by atoms with van der Waals surface area (Å²) in [5.41, 5.74) is 2.31. The molecule has 1 saturated carbocycles. The minimum atomic E-state index is 0.862. The van der Waals surface area contributed by atoms with Crippen LogP contribution in [0.2, 0.25) is 0 Å². The minimum absolute atomic E-state index is 0.862. The normalized spacial score (nSPS) is 23.3.